The van der Waals surface area contributed by atoms with Crippen LogP contribution in [0.1, 0.15) is 36.5 Å². The summed E-state index contributed by atoms with van der Waals surface area (Å²) in [6.45, 7) is 2.51. The maximum Gasteiger partial charge on any atom is 0.338 e. The normalized spacial score (nSPS) is 16.0. The van der Waals surface area contributed by atoms with E-state index in [0.29, 0.717) is 18.8 Å². The Morgan fingerprint density at radius 3 is 2.21 bits per heavy atom. The Morgan fingerprint density at radius 1 is 0.966 bits per heavy atom. The second-order valence-electron chi connectivity index (χ2n) is 6.89. The van der Waals surface area contributed by atoms with Crippen molar-refractivity contribution in [2.75, 3.05) is 18.4 Å². The third kappa shape index (κ3) is 5.21. The van der Waals surface area contributed by atoms with E-state index in [4.69, 9.17) is 4.74 Å². The number of para-hydroxylation sites is 1. The molecule has 1 atom stereocenters. The smallest absolute Gasteiger partial charge is 0.338 e. The molecule has 3 rings (SSSR count). The van der Waals surface area contributed by atoms with Crippen LogP contribution in [0.15, 0.2) is 59.5 Å². The zero-order valence-electron chi connectivity index (χ0n) is 16.2. The Bertz CT molecular complexity index is 952. The fourth-order valence-electron chi connectivity index (χ4n) is 3.06. The quantitative estimate of drug-likeness (QED) is 0.731. The van der Waals surface area contributed by atoms with E-state index in [1.54, 1.807) is 24.3 Å². The van der Waals surface area contributed by atoms with Crippen molar-refractivity contribution in [3.63, 3.8) is 0 Å². The summed E-state index contributed by atoms with van der Waals surface area (Å²) in [6, 6.07) is 14.5. The van der Waals surface area contributed by atoms with Gasteiger partial charge < -0.3 is 10.1 Å². The largest absolute Gasteiger partial charge is 0.449 e. The van der Waals surface area contributed by atoms with E-state index in [1.807, 2.05) is 6.07 Å². The third-order valence-electron chi connectivity index (χ3n) is 4.74. The van der Waals surface area contributed by atoms with Crippen molar-refractivity contribution in [2.24, 2.45) is 0 Å². The first kappa shape index (κ1) is 21.0. The highest BCUT2D eigenvalue weighted by Crippen LogP contribution is 2.21. The number of amides is 1. The van der Waals surface area contributed by atoms with Crippen LogP contribution in [0, 0.1) is 0 Å². The summed E-state index contributed by atoms with van der Waals surface area (Å²) in [6.07, 6.45) is 1.74. The van der Waals surface area contributed by atoms with Gasteiger partial charge in [-0.15, -0.1) is 0 Å². The van der Waals surface area contributed by atoms with Gasteiger partial charge in [-0.25, -0.2) is 13.2 Å². The molecule has 2 aromatic rings. The second-order valence-corrected chi connectivity index (χ2v) is 8.83. The number of anilines is 1. The Kier molecular flexibility index (Phi) is 6.66. The van der Waals surface area contributed by atoms with Gasteiger partial charge in [0.1, 0.15) is 0 Å². The fraction of sp³-hybridized carbons (Fsp3) is 0.333. The van der Waals surface area contributed by atoms with E-state index in [9.17, 15) is 18.0 Å². The van der Waals surface area contributed by atoms with Crippen molar-refractivity contribution in [1.82, 2.24) is 4.31 Å². The molecule has 0 radical (unpaired) electrons. The molecule has 1 aliphatic heterocycles. The molecule has 0 bridgehead atoms. The molecule has 0 aliphatic carbocycles. The number of rotatable bonds is 6. The van der Waals surface area contributed by atoms with Crippen LogP contribution in [0.3, 0.4) is 0 Å². The van der Waals surface area contributed by atoms with Gasteiger partial charge in [0.15, 0.2) is 6.10 Å². The van der Waals surface area contributed by atoms with Gasteiger partial charge >= 0.3 is 5.97 Å². The van der Waals surface area contributed by atoms with E-state index in [2.05, 4.69) is 5.32 Å². The van der Waals surface area contributed by atoms with Crippen molar-refractivity contribution in [1.29, 1.82) is 0 Å². The number of hydrogen-bond donors (Lipinski definition) is 1. The number of benzene rings is 2. The van der Waals surface area contributed by atoms with Crippen LogP contribution in [0.4, 0.5) is 5.69 Å². The number of carbonyl (C=O) groups is 2. The minimum absolute atomic E-state index is 0.144. The number of nitrogens with one attached hydrogen (secondary N) is 1. The molecule has 0 unspecified atom stereocenters. The van der Waals surface area contributed by atoms with Gasteiger partial charge in [0, 0.05) is 18.8 Å². The topological polar surface area (TPSA) is 92.8 Å². The average molecular weight is 416 g/mol. The van der Waals surface area contributed by atoms with E-state index in [-0.39, 0.29) is 10.5 Å². The maximum absolute atomic E-state index is 12.7. The van der Waals surface area contributed by atoms with Crippen molar-refractivity contribution in [2.45, 2.75) is 37.2 Å². The minimum atomic E-state index is -3.56. The number of hydrogen-bond acceptors (Lipinski definition) is 5. The lowest BCUT2D eigenvalue weighted by atomic mass is 10.2. The monoisotopic (exact) mass is 416 g/mol. The molecule has 1 amide bonds. The number of sulfonamides is 1. The standard InChI is InChI=1S/C21H24N2O5S/c1-16(20(24)22-18-8-4-2-5-9-18)28-21(25)17-10-12-19(13-11-17)29(26,27)23-14-6-3-7-15-23/h2,4-5,8-13,16H,3,6-7,14-15H2,1H3,(H,22,24)/t16-/m1/s1. The van der Waals surface area contributed by atoms with Gasteiger partial charge in [0.25, 0.3) is 5.91 Å². The van der Waals surface area contributed by atoms with Crippen molar-refractivity contribution < 1.29 is 22.7 Å². The SMILES string of the molecule is C[C@@H](OC(=O)c1ccc(S(=O)(=O)N2CCCCC2)cc1)C(=O)Nc1ccccc1. The van der Waals surface area contributed by atoms with Crippen molar-refractivity contribution >= 4 is 27.6 Å². The zero-order chi connectivity index (χ0) is 20.9. The average Bonchev–Trinajstić information content (AvgIpc) is 2.75. The lowest BCUT2D eigenvalue weighted by molar-refractivity contribution is -0.123. The molecule has 154 valence electrons. The molecule has 1 N–H and O–H groups in total. The lowest BCUT2D eigenvalue weighted by Gasteiger charge is -2.25. The highest BCUT2D eigenvalue weighted by Gasteiger charge is 2.26. The Labute approximate surface area is 170 Å². The van der Waals surface area contributed by atoms with Gasteiger partial charge in [-0.1, -0.05) is 24.6 Å². The molecule has 1 fully saturated rings. The molecule has 1 heterocycles. The van der Waals surface area contributed by atoms with Crippen LogP contribution >= 0.6 is 0 Å². The zero-order valence-corrected chi connectivity index (χ0v) is 17.0. The fourth-order valence-corrected chi connectivity index (χ4v) is 4.58. The number of piperidine rings is 1. The predicted molar refractivity (Wildman–Crippen MR) is 109 cm³/mol. The first-order valence-corrected chi connectivity index (χ1v) is 11.0. The molecule has 1 aliphatic rings. The van der Waals surface area contributed by atoms with Crippen LogP contribution in [-0.2, 0) is 19.6 Å². The summed E-state index contributed by atoms with van der Waals surface area (Å²) in [5.74, 6) is -1.14. The molecule has 0 saturated carbocycles. The summed E-state index contributed by atoms with van der Waals surface area (Å²) in [5.41, 5.74) is 0.787. The van der Waals surface area contributed by atoms with E-state index < -0.39 is 28.0 Å². The first-order valence-electron chi connectivity index (χ1n) is 9.55. The molecular weight excluding hydrogens is 392 g/mol. The summed E-state index contributed by atoms with van der Waals surface area (Å²) >= 11 is 0. The molecule has 2 aromatic carbocycles. The van der Waals surface area contributed by atoms with Gasteiger partial charge in [0.05, 0.1) is 10.5 Å². The van der Waals surface area contributed by atoms with Crippen molar-refractivity contribution in [3.8, 4) is 0 Å². The van der Waals surface area contributed by atoms with Gasteiger partial charge in [-0.05, 0) is 56.2 Å². The third-order valence-corrected chi connectivity index (χ3v) is 6.65. The van der Waals surface area contributed by atoms with Crippen molar-refractivity contribution in [3.05, 3.63) is 60.2 Å². The Hall–Kier alpha value is -2.71. The number of ether oxygens (including phenoxy) is 1. The maximum atomic E-state index is 12.7. The summed E-state index contributed by atoms with van der Waals surface area (Å²) in [5, 5.41) is 2.66. The molecule has 8 heteroatoms. The highest BCUT2D eigenvalue weighted by atomic mass is 32.2. The molecule has 0 aromatic heterocycles. The number of nitrogens with zero attached hydrogens (tertiary/aromatic N) is 1. The van der Waals surface area contributed by atoms with Crippen LogP contribution < -0.4 is 5.32 Å². The van der Waals surface area contributed by atoms with Crippen LogP contribution in [0.5, 0.6) is 0 Å². The summed E-state index contributed by atoms with van der Waals surface area (Å²) in [7, 11) is -3.56. The van der Waals surface area contributed by atoms with E-state index in [1.165, 1.54) is 35.5 Å². The summed E-state index contributed by atoms with van der Waals surface area (Å²) in [4.78, 5) is 24.6. The van der Waals surface area contributed by atoms with E-state index in [0.717, 1.165) is 19.3 Å². The Morgan fingerprint density at radius 2 is 1.59 bits per heavy atom. The van der Waals surface area contributed by atoms with Crippen LogP contribution in [-0.4, -0.2) is 43.8 Å². The predicted octanol–water partition coefficient (Wildman–Crippen LogP) is 3.05. The highest BCUT2D eigenvalue weighted by molar-refractivity contribution is 7.89. The molecule has 7 nitrogen and oxygen atoms in total. The minimum Gasteiger partial charge on any atom is -0.449 e. The lowest BCUT2D eigenvalue weighted by Crippen LogP contribution is -2.35. The molecule has 29 heavy (non-hydrogen) atoms. The van der Waals surface area contributed by atoms with Gasteiger partial charge in [-0.2, -0.15) is 4.31 Å². The van der Waals surface area contributed by atoms with Crippen LogP contribution in [0.2, 0.25) is 0 Å². The summed E-state index contributed by atoms with van der Waals surface area (Å²) < 4.78 is 32.0. The number of esters is 1. The molecular formula is C21H24N2O5S. The number of carbonyl (C=O) groups excluding carboxylic acids is 2. The van der Waals surface area contributed by atoms with Gasteiger partial charge in [0.2, 0.25) is 10.0 Å². The molecule has 0 spiro atoms. The second kappa shape index (κ2) is 9.19. The Balaban J connectivity index is 1.62. The first-order chi connectivity index (χ1) is 13.9. The van der Waals surface area contributed by atoms with Crippen LogP contribution in [0.25, 0.3) is 0 Å². The van der Waals surface area contributed by atoms with Gasteiger partial charge in [-0.3, -0.25) is 4.79 Å². The van der Waals surface area contributed by atoms with E-state index >= 15 is 0 Å². The molecule has 1 saturated heterocycles.